The molecule has 1 aromatic carbocycles. The molecule has 47 heavy (non-hydrogen) atoms. The van der Waals surface area contributed by atoms with Gasteiger partial charge in [-0.2, -0.15) is 0 Å². The third kappa shape index (κ3) is 5.37. The maximum Gasteiger partial charge on any atom is 0.343 e. The van der Waals surface area contributed by atoms with Gasteiger partial charge in [0.1, 0.15) is 11.4 Å². The fourth-order valence-corrected chi connectivity index (χ4v) is 8.49. The zero-order valence-electron chi connectivity index (χ0n) is 27.1. The van der Waals surface area contributed by atoms with Gasteiger partial charge in [0.2, 0.25) is 11.9 Å². The Morgan fingerprint density at radius 1 is 1.30 bits per heavy atom. The van der Waals surface area contributed by atoms with Gasteiger partial charge in [-0.25, -0.2) is 19.8 Å². The van der Waals surface area contributed by atoms with E-state index in [4.69, 9.17) is 9.47 Å². The average Bonchev–Trinajstić information content (AvgIpc) is 3.30. The van der Waals surface area contributed by atoms with E-state index < -0.39 is 29.1 Å². The number of fused-ring (bicyclic) bond motifs is 2. The lowest BCUT2D eigenvalue weighted by Crippen LogP contribution is -2.67. The molecule has 1 aromatic heterocycles. The van der Waals surface area contributed by atoms with Gasteiger partial charge >= 0.3 is 5.97 Å². The number of aromatic nitrogens is 2. The number of aliphatic imine (C=N–C) groups is 2. The van der Waals surface area contributed by atoms with E-state index in [1.165, 1.54) is 0 Å². The lowest BCUT2D eigenvalue weighted by molar-refractivity contribution is -0.174. The van der Waals surface area contributed by atoms with Gasteiger partial charge in [-0.15, -0.1) is 0 Å². The predicted octanol–water partition coefficient (Wildman–Crippen LogP) is 2.42. The first-order chi connectivity index (χ1) is 22.5. The SMILES string of the molecule is CC(NC1CC2[C@](C)(CC[C@@H](O)[C@@]2(C)CO)C(/C=C/C2=CC(=C\c3ccc4c(c3)ncn4C)/OC2=O)C12CO2)C(=O)NC1=NCC=N1. The Balaban J connectivity index is 1.18. The summed E-state index contributed by atoms with van der Waals surface area (Å²) in [5, 5.41) is 28.1. The minimum atomic E-state index is -0.759. The van der Waals surface area contributed by atoms with Gasteiger partial charge in [0.25, 0.3) is 0 Å². The van der Waals surface area contributed by atoms with Crippen LogP contribution in [0, 0.1) is 22.7 Å². The number of aliphatic hydroxyl groups is 2. The molecule has 0 radical (unpaired) electrons. The summed E-state index contributed by atoms with van der Waals surface area (Å²) >= 11 is 0. The second-order valence-electron chi connectivity index (χ2n) is 14.1. The van der Waals surface area contributed by atoms with Crippen molar-refractivity contribution in [1.82, 2.24) is 20.2 Å². The second-order valence-corrected chi connectivity index (χ2v) is 14.1. The standard InChI is InChI=1S/C35H42N6O6/c1-20(30(44)40-32-36-11-12-37-32)39-28-16-27-33(2,10-9-29(43)34(27,3)17-42)26(35(28)18-46-35)8-6-22-15-23(47-31(22)45)13-21-5-7-25-24(14-21)38-19-41(25)4/h5-8,11,13-15,19-20,26-29,39,42-43H,9-10,12,16-18H2,1-4H3,(H,37,40,44)/b8-6+,23-13+/t20?,26?,27?,28?,29-,33-,34+,35?/m1/s1. The number of carbonyl (C=O) groups is 2. The smallest absolute Gasteiger partial charge is 0.343 e. The number of allylic oxidation sites excluding steroid dienone is 1. The van der Waals surface area contributed by atoms with E-state index in [9.17, 15) is 19.8 Å². The molecule has 1 saturated heterocycles. The van der Waals surface area contributed by atoms with E-state index in [1.54, 1.807) is 25.5 Å². The highest BCUT2D eigenvalue weighted by atomic mass is 16.6. The van der Waals surface area contributed by atoms with Gasteiger partial charge < -0.3 is 29.6 Å². The molecule has 5 aliphatic rings. The second kappa shape index (κ2) is 11.6. The molecule has 3 aliphatic heterocycles. The molecule has 4 heterocycles. The van der Waals surface area contributed by atoms with Crippen LogP contribution < -0.4 is 10.6 Å². The Kier molecular flexibility index (Phi) is 7.82. The third-order valence-electron chi connectivity index (χ3n) is 11.3. The Labute approximate surface area is 273 Å². The summed E-state index contributed by atoms with van der Waals surface area (Å²) in [7, 11) is 1.94. The van der Waals surface area contributed by atoms with Crippen molar-refractivity contribution < 1.29 is 29.3 Å². The van der Waals surface area contributed by atoms with Gasteiger partial charge in [0.15, 0.2) is 0 Å². The number of carbonyl (C=O) groups excluding carboxylic acids is 2. The minimum absolute atomic E-state index is 0.105. The Bertz CT molecular complexity index is 1770. The van der Waals surface area contributed by atoms with Crippen LogP contribution in [0.3, 0.4) is 0 Å². The minimum Gasteiger partial charge on any atom is -0.423 e. The molecule has 2 saturated carbocycles. The molecular weight excluding hydrogens is 600 g/mol. The fraction of sp³-hybridized carbons (Fsp3) is 0.514. The van der Waals surface area contributed by atoms with Gasteiger partial charge in [-0.05, 0) is 67.4 Å². The highest BCUT2D eigenvalue weighted by molar-refractivity contribution is 6.04. The first-order valence-corrected chi connectivity index (χ1v) is 16.3. The van der Waals surface area contributed by atoms with E-state index in [2.05, 4.69) is 32.5 Å². The quantitative estimate of drug-likeness (QED) is 0.264. The molecule has 0 bridgehead atoms. The summed E-state index contributed by atoms with van der Waals surface area (Å²) in [4.78, 5) is 38.8. The number of rotatable bonds is 7. The molecular formula is C35H42N6O6. The highest BCUT2D eigenvalue weighted by Gasteiger charge is 2.70. The molecule has 2 aromatic rings. The van der Waals surface area contributed by atoms with Crippen LogP contribution >= 0.6 is 0 Å². The Hall–Kier alpha value is -3.97. The number of epoxide rings is 1. The number of aliphatic hydroxyl groups excluding tert-OH is 2. The fourth-order valence-electron chi connectivity index (χ4n) is 8.49. The van der Waals surface area contributed by atoms with Gasteiger partial charge in [0, 0.05) is 30.6 Å². The summed E-state index contributed by atoms with van der Waals surface area (Å²) in [6.07, 6.45) is 12.0. The highest BCUT2D eigenvalue weighted by Crippen LogP contribution is 2.65. The number of imidazole rings is 1. The van der Waals surface area contributed by atoms with Crippen LogP contribution in [0.15, 0.2) is 64.1 Å². The van der Waals surface area contributed by atoms with Gasteiger partial charge in [0.05, 0.1) is 54.8 Å². The molecule has 248 valence electrons. The maximum atomic E-state index is 13.1. The van der Waals surface area contributed by atoms with E-state index in [-0.39, 0.29) is 35.8 Å². The van der Waals surface area contributed by atoms with Crippen molar-refractivity contribution in [1.29, 1.82) is 0 Å². The lowest BCUT2D eigenvalue weighted by Gasteiger charge is -2.62. The summed E-state index contributed by atoms with van der Waals surface area (Å²) in [5.41, 5.74) is 1.42. The van der Waals surface area contributed by atoms with Crippen molar-refractivity contribution in [2.75, 3.05) is 19.8 Å². The van der Waals surface area contributed by atoms with E-state index >= 15 is 0 Å². The molecule has 2 aliphatic carbocycles. The molecule has 1 amide bonds. The number of nitrogens with zero attached hydrogens (tertiary/aromatic N) is 4. The van der Waals surface area contributed by atoms with Crippen LogP contribution in [-0.4, -0.2) is 87.4 Å². The first-order valence-electron chi connectivity index (χ1n) is 16.3. The molecule has 3 fully saturated rings. The monoisotopic (exact) mass is 642 g/mol. The zero-order chi connectivity index (χ0) is 33.1. The van der Waals surface area contributed by atoms with Crippen LogP contribution in [0.25, 0.3) is 17.1 Å². The number of guanidine groups is 1. The number of esters is 1. The van der Waals surface area contributed by atoms with Crippen LogP contribution in [-0.2, 0) is 26.1 Å². The maximum absolute atomic E-state index is 13.1. The topological polar surface area (TPSA) is 163 Å². The predicted molar refractivity (Wildman–Crippen MR) is 176 cm³/mol. The molecule has 8 atom stereocenters. The first kappa shape index (κ1) is 31.6. The van der Waals surface area contributed by atoms with Crippen molar-refractivity contribution >= 4 is 41.2 Å². The van der Waals surface area contributed by atoms with Crippen molar-refractivity contribution in [3.63, 3.8) is 0 Å². The number of amides is 1. The molecule has 12 heteroatoms. The summed E-state index contributed by atoms with van der Waals surface area (Å²) in [6, 6.07) is 5.05. The van der Waals surface area contributed by atoms with Crippen LogP contribution in [0.4, 0.5) is 0 Å². The number of aryl methyl sites for hydroxylation is 1. The molecule has 7 rings (SSSR count). The van der Waals surface area contributed by atoms with Crippen LogP contribution in [0.5, 0.6) is 0 Å². The normalized spacial score (nSPS) is 36.1. The molecule has 1 spiro atoms. The van der Waals surface area contributed by atoms with Crippen molar-refractivity contribution in [3.8, 4) is 0 Å². The van der Waals surface area contributed by atoms with Crippen molar-refractivity contribution in [3.05, 3.63) is 59.7 Å². The van der Waals surface area contributed by atoms with Crippen molar-refractivity contribution in [2.45, 2.75) is 63.8 Å². The molecule has 12 nitrogen and oxygen atoms in total. The third-order valence-corrected chi connectivity index (χ3v) is 11.3. The number of nitrogens with one attached hydrogen (secondary N) is 2. The average molecular weight is 643 g/mol. The number of hydrogen-bond donors (Lipinski definition) is 4. The Morgan fingerprint density at radius 3 is 2.83 bits per heavy atom. The van der Waals surface area contributed by atoms with Gasteiger partial charge in [-0.1, -0.05) is 32.1 Å². The summed E-state index contributed by atoms with van der Waals surface area (Å²) < 4.78 is 13.9. The summed E-state index contributed by atoms with van der Waals surface area (Å²) in [5.74, 6) is -0.245. The molecule has 5 unspecified atom stereocenters. The zero-order valence-corrected chi connectivity index (χ0v) is 27.1. The van der Waals surface area contributed by atoms with E-state index in [0.717, 1.165) is 23.0 Å². The number of hydrogen-bond acceptors (Lipinski definition) is 10. The largest absolute Gasteiger partial charge is 0.423 e. The summed E-state index contributed by atoms with van der Waals surface area (Å²) in [6.45, 7) is 6.70. The van der Waals surface area contributed by atoms with Gasteiger partial charge in [-0.3, -0.25) is 10.1 Å². The van der Waals surface area contributed by atoms with E-state index in [0.29, 0.717) is 43.3 Å². The molecule has 4 N–H and O–H groups in total. The van der Waals surface area contributed by atoms with E-state index in [1.807, 2.05) is 55.0 Å². The lowest BCUT2D eigenvalue weighted by atomic mass is 9.44. The van der Waals surface area contributed by atoms with Crippen LogP contribution in [0.2, 0.25) is 0 Å². The Morgan fingerprint density at radius 2 is 2.11 bits per heavy atom. The number of benzene rings is 1. The number of ether oxygens (including phenoxy) is 2. The van der Waals surface area contributed by atoms with Crippen LogP contribution in [0.1, 0.15) is 45.6 Å². The van der Waals surface area contributed by atoms with Crippen molar-refractivity contribution in [2.24, 2.45) is 39.7 Å². The number of cyclic esters (lactones) is 1.